The van der Waals surface area contributed by atoms with E-state index in [4.69, 9.17) is 5.11 Å². The summed E-state index contributed by atoms with van der Waals surface area (Å²) in [4.78, 5) is 24.0. The Labute approximate surface area is 107 Å². The second-order valence-electron chi connectivity index (χ2n) is 4.32. The van der Waals surface area contributed by atoms with Crippen molar-refractivity contribution < 1.29 is 14.7 Å². The highest BCUT2D eigenvalue weighted by molar-refractivity contribution is 5.97. The molecule has 98 valence electrons. The van der Waals surface area contributed by atoms with Gasteiger partial charge in [0.25, 0.3) is 5.91 Å². The van der Waals surface area contributed by atoms with Gasteiger partial charge in [-0.2, -0.15) is 0 Å². The topological polar surface area (TPSA) is 57.6 Å². The largest absolute Gasteiger partial charge is 0.480 e. The van der Waals surface area contributed by atoms with Gasteiger partial charge in [-0.3, -0.25) is 9.59 Å². The first-order valence-corrected chi connectivity index (χ1v) is 6.11. The number of unbranched alkanes of at least 4 members (excludes halogenated alkanes) is 1. The number of benzene rings is 1. The fourth-order valence-electron chi connectivity index (χ4n) is 1.79. The molecule has 0 saturated heterocycles. The zero-order chi connectivity index (χ0) is 13.5. The van der Waals surface area contributed by atoms with E-state index in [1.807, 2.05) is 12.1 Å². The molecule has 1 N–H and O–H groups in total. The lowest BCUT2D eigenvalue weighted by Crippen LogP contribution is -2.32. The van der Waals surface area contributed by atoms with Crippen LogP contribution in [0, 0.1) is 0 Å². The Morgan fingerprint density at radius 2 is 1.94 bits per heavy atom. The minimum atomic E-state index is -1.00. The summed E-state index contributed by atoms with van der Waals surface area (Å²) in [5.74, 6) is -1.24. The van der Waals surface area contributed by atoms with Gasteiger partial charge in [-0.05, 0) is 24.5 Å². The molecule has 0 spiro atoms. The van der Waals surface area contributed by atoms with Gasteiger partial charge in [-0.1, -0.05) is 31.5 Å². The fraction of sp³-hybridized carbons (Fsp3) is 0.429. The van der Waals surface area contributed by atoms with E-state index in [2.05, 4.69) is 6.92 Å². The number of rotatable bonds is 6. The highest BCUT2D eigenvalue weighted by atomic mass is 16.4. The molecule has 4 nitrogen and oxygen atoms in total. The fourth-order valence-corrected chi connectivity index (χ4v) is 1.79. The van der Waals surface area contributed by atoms with Crippen LogP contribution in [0.3, 0.4) is 0 Å². The van der Waals surface area contributed by atoms with E-state index in [1.165, 1.54) is 11.9 Å². The van der Waals surface area contributed by atoms with Crippen molar-refractivity contribution in [2.75, 3.05) is 13.6 Å². The van der Waals surface area contributed by atoms with E-state index < -0.39 is 5.97 Å². The van der Waals surface area contributed by atoms with Crippen LogP contribution in [-0.4, -0.2) is 35.5 Å². The molecule has 18 heavy (non-hydrogen) atoms. The number of carbonyl (C=O) groups is 2. The quantitative estimate of drug-likeness (QED) is 0.840. The number of carbonyl (C=O) groups excluding carboxylic acids is 1. The van der Waals surface area contributed by atoms with E-state index in [-0.39, 0.29) is 12.5 Å². The average molecular weight is 249 g/mol. The monoisotopic (exact) mass is 249 g/mol. The minimum absolute atomic E-state index is 0.232. The molecule has 0 bridgehead atoms. The summed E-state index contributed by atoms with van der Waals surface area (Å²) in [6.45, 7) is 1.82. The zero-order valence-electron chi connectivity index (χ0n) is 10.8. The molecule has 0 aromatic heterocycles. The molecule has 0 heterocycles. The molecule has 0 aliphatic heterocycles. The Bertz CT molecular complexity index is 429. The maximum Gasteiger partial charge on any atom is 0.323 e. The maximum absolute atomic E-state index is 12.1. The normalized spacial score (nSPS) is 10.1. The molecule has 0 atom stereocenters. The Balaban J connectivity index is 2.87. The first kappa shape index (κ1) is 14.2. The molecule has 0 saturated carbocycles. The molecule has 1 rings (SSSR count). The van der Waals surface area contributed by atoms with E-state index in [1.54, 1.807) is 12.1 Å². The molecule has 0 aliphatic rings. The lowest BCUT2D eigenvalue weighted by Gasteiger charge is -2.16. The Morgan fingerprint density at radius 1 is 1.28 bits per heavy atom. The number of aliphatic carboxylic acids is 1. The van der Waals surface area contributed by atoms with Gasteiger partial charge in [0.2, 0.25) is 0 Å². The van der Waals surface area contributed by atoms with E-state index in [9.17, 15) is 9.59 Å². The van der Waals surface area contributed by atoms with Crippen LogP contribution in [0.1, 0.15) is 35.7 Å². The zero-order valence-corrected chi connectivity index (χ0v) is 10.8. The van der Waals surface area contributed by atoms with Gasteiger partial charge in [-0.15, -0.1) is 0 Å². The standard InChI is InChI=1S/C14H19NO3/c1-3-4-7-11-8-5-6-9-12(11)14(18)15(2)10-13(16)17/h5-6,8-9H,3-4,7,10H2,1-2H3,(H,16,17). The Kier molecular flexibility index (Phi) is 5.36. The van der Waals surface area contributed by atoms with Crippen molar-refractivity contribution in [3.63, 3.8) is 0 Å². The number of likely N-dealkylation sites (N-methyl/N-ethyl adjacent to an activating group) is 1. The number of carboxylic acid groups (broad SMARTS) is 1. The molecule has 0 aliphatic carbocycles. The third-order valence-corrected chi connectivity index (χ3v) is 2.77. The van der Waals surface area contributed by atoms with Crippen molar-refractivity contribution in [3.05, 3.63) is 35.4 Å². The second-order valence-corrected chi connectivity index (χ2v) is 4.32. The van der Waals surface area contributed by atoms with Gasteiger partial charge < -0.3 is 10.0 Å². The summed E-state index contributed by atoms with van der Waals surface area (Å²) < 4.78 is 0. The van der Waals surface area contributed by atoms with Crippen molar-refractivity contribution in [1.82, 2.24) is 4.90 Å². The van der Waals surface area contributed by atoms with Gasteiger partial charge in [0, 0.05) is 12.6 Å². The number of nitrogens with zero attached hydrogens (tertiary/aromatic N) is 1. The van der Waals surface area contributed by atoms with Crippen molar-refractivity contribution in [2.24, 2.45) is 0 Å². The SMILES string of the molecule is CCCCc1ccccc1C(=O)N(C)CC(=O)O. The average Bonchev–Trinajstić information content (AvgIpc) is 2.35. The van der Waals surface area contributed by atoms with Gasteiger partial charge >= 0.3 is 5.97 Å². The van der Waals surface area contributed by atoms with E-state index in [0.717, 1.165) is 24.8 Å². The number of hydrogen-bond acceptors (Lipinski definition) is 2. The van der Waals surface area contributed by atoms with Gasteiger partial charge in [-0.25, -0.2) is 0 Å². The second kappa shape index (κ2) is 6.79. The molecular formula is C14H19NO3. The van der Waals surface area contributed by atoms with E-state index >= 15 is 0 Å². The summed E-state index contributed by atoms with van der Waals surface area (Å²) in [7, 11) is 1.51. The third-order valence-electron chi connectivity index (χ3n) is 2.77. The first-order valence-electron chi connectivity index (χ1n) is 6.11. The van der Waals surface area contributed by atoms with Crippen LogP contribution < -0.4 is 0 Å². The van der Waals surface area contributed by atoms with Crippen LogP contribution in [0.2, 0.25) is 0 Å². The third kappa shape index (κ3) is 3.87. The molecule has 1 amide bonds. The van der Waals surface area contributed by atoms with Crippen LogP contribution in [-0.2, 0) is 11.2 Å². The number of carboxylic acids is 1. The smallest absolute Gasteiger partial charge is 0.323 e. The van der Waals surface area contributed by atoms with Crippen LogP contribution in [0.25, 0.3) is 0 Å². The lowest BCUT2D eigenvalue weighted by molar-refractivity contribution is -0.137. The van der Waals surface area contributed by atoms with Crippen LogP contribution in [0.15, 0.2) is 24.3 Å². The summed E-state index contributed by atoms with van der Waals surface area (Å²) in [5, 5.41) is 8.70. The Morgan fingerprint density at radius 3 is 2.56 bits per heavy atom. The van der Waals surface area contributed by atoms with Crippen molar-refractivity contribution in [2.45, 2.75) is 26.2 Å². The van der Waals surface area contributed by atoms with Crippen LogP contribution in [0.5, 0.6) is 0 Å². The van der Waals surface area contributed by atoms with Crippen LogP contribution >= 0.6 is 0 Å². The predicted molar refractivity (Wildman–Crippen MR) is 69.7 cm³/mol. The van der Waals surface area contributed by atoms with Crippen molar-refractivity contribution in [3.8, 4) is 0 Å². The molecule has 0 radical (unpaired) electrons. The highest BCUT2D eigenvalue weighted by Gasteiger charge is 2.16. The van der Waals surface area contributed by atoms with Crippen molar-refractivity contribution >= 4 is 11.9 Å². The molecular weight excluding hydrogens is 230 g/mol. The molecule has 1 aromatic rings. The summed E-state index contributed by atoms with van der Waals surface area (Å²) in [6, 6.07) is 7.39. The van der Waals surface area contributed by atoms with E-state index in [0.29, 0.717) is 5.56 Å². The highest BCUT2D eigenvalue weighted by Crippen LogP contribution is 2.14. The van der Waals surface area contributed by atoms with Crippen molar-refractivity contribution in [1.29, 1.82) is 0 Å². The first-order chi connectivity index (χ1) is 8.56. The minimum Gasteiger partial charge on any atom is -0.480 e. The molecule has 1 aromatic carbocycles. The van der Waals surface area contributed by atoms with Gasteiger partial charge in [0.15, 0.2) is 0 Å². The van der Waals surface area contributed by atoms with Crippen LogP contribution in [0.4, 0.5) is 0 Å². The van der Waals surface area contributed by atoms with Gasteiger partial charge in [0.05, 0.1) is 0 Å². The molecule has 4 heteroatoms. The molecule has 0 unspecified atom stereocenters. The molecule has 0 fully saturated rings. The summed E-state index contributed by atoms with van der Waals surface area (Å²) >= 11 is 0. The number of amides is 1. The van der Waals surface area contributed by atoms with Gasteiger partial charge in [0.1, 0.15) is 6.54 Å². The summed E-state index contributed by atoms with van der Waals surface area (Å²) in [6.07, 6.45) is 2.93. The summed E-state index contributed by atoms with van der Waals surface area (Å²) in [5.41, 5.74) is 1.59. The lowest BCUT2D eigenvalue weighted by atomic mass is 10.0. The number of hydrogen-bond donors (Lipinski definition) is 1. The number of aryl methyl sites for hydroxylation is 1. The predicted octanol–water partition coefficient (Wildman–Crippen LogP) is 2.19. The Hall–Kier alpha value is -1.84. The maximum atomic E-state index is 12.1.